The van der Waals surface area contributed by atoms with Gasteiger partial charge in [-0.1, -0.05) is 164 Å². The predicted octanol–water partition coefficient (Wildman–Crippen LogP) is 17.2. The zero-order chi connectivity index (χ0) is 40.3. The van der Waals surface area contributed by atoms with E-state index in [1.165, 1.54) is 53.2 Å². The third-order valence-corrected chi connectivity index (χ3v) is 13.3. The molecule has 3 heteroatoms. The highest BCUT2D eigenvalue weighted by molar-refractivity contribution is 7.26. The SMILES string of the molecule is c1cc(-c2ccccc2N(c2ccc(-c3ccc4oc5ccccc5c4c3)cc2)c2ccc(-c3cccc4c3sc3ccccc34)cc2)cc(-c2cccc3ccccc23)c1. The minimum absolute atomic E-state index is 0.904. The Morgan fingerprint density at radius 1 is 0.328 bits per heavy atom. The zero-order valence-corrected chi connectivity index (χ0v) is 33.9. The normalized spacial score (nSPS) is 11.6. The number of nitrogens with zero attached hydrogens (tertiary/aromatic N) is 1. The summed E-state index contributed by atoms with van der Waals surface area (Å²) in [6, 6.07) is 81.3. The Morgan fingerprint density at radius 2 is 0.902 bits per heavy atom. The second-order valence-electron chi connectivity index (χ2n) is 15.6. The van der Waals surface area contributed by atoms with Gasteiger partial charge in [-0.3, -0.25) is 0 Å². The Hall–Kier alpha value is -7.72. The summed E-state index contributed by atoms with van der Waals surface area (Å²) in [5, 5.41) is 7.38. The van der Waals surface area contributed by atoms with Crippen LogP contribution in [-0.2, 0) is 0 Å². The zero-order valence-electron chi connectivity index (χ0n) is 33.1. The first-order chi connectivity index (χ1) is 30.2. The fraction of sp³-hybridized carbons (Fsp3) is 0. The number of thiophene rings is 1. The summed E-state index contributed by atoms with van der Waals surface area (Å²) < 4.78 is 8.79. The molecule has 0 radical (unpaired) electrons. The van der Waals surface area contributed by atoms with Gasteiger partial charge in [0, 0.05) is 47.9 Å². The van der Waals surface area contributed by atoms with Crippen molar-refractivity contribution >= 4 is 81.3 Å². The molecular formula is C58H37NOS. The van der Waals surface area contributed by atoms with Gasteiger partial charge in [-0.05, 0) is 110 Å². The molecule has 0 spiro atoms. The molecule has 0 aliphatic heterocycles. The van der Waals surface area contributed by atoms with Crippen molar-refractivity contribution in [3.05, 3.63) is 224 Å². The first-order valence-electron chi connectivity index (χ1n) is 20.7. The Labute approximate surface area is 357 Å². The molecule has 286 valence electrons. The van der Waals surface area contributed by atoms with Gasteiger partial charge in [-0.25, -0.2) is 0 Å². The van der Waals surface area contributed by atoms with Crippen LogP contribution in [0.15, 0.2) is 229 Å². The number of fused-ring (bicyclic) bond motifs is 7. The standard InChI is InChI=1S/C58H37NOS/c1-2-16-46-39(12-1)13-10-20-47(46)42-14-9-15-43(36-42)48-17-3-6-23-54(48)59(44-31-26-38(27-32-44)41-30-35-56-53(37-41)50-18-4-7-24-55(50)60-56)45-33-28-40(29-34-45)49-21-11-22-52-51-19-5-8-25-57(51)61-58(49)52/h1-37H. The first-order valence-corrected chi connectivity index (χ1v) is 21.6. The Kier molecular flexibility index (Phi) is 8.39. The van der Waals surface area contributed by atoms with E-state index >= 15 is 0 Å². The van der Waals surface area contributed by atoms with Crippen molar-refractivity contribution in [2.75, 3.05) is 4.90 Å². The molecule has 0 atom stereocenters. The maximum Gasteiger partial charge on any atom is 0.135 e. The van der Waals surface area contributed by atoms with Crippen LogP contribution in [0.1, 0.15) is 0 Å². The van der Waals surface area contributed by atoms with Crippen LogP contribution in [0.3, 0.4) is 0 Å². The summed E-state index contributed by atoms with van der Waals surface area (Å²) in [6.07, 6.45) is 0. The second kappa shape index (κ2) is 14.5. The molecule has 2 heterocycles. The van der Waals surface area contributed by atoms with Crippen LogP contribution >= 0.6 is 11.3 Å². The highest BCUT2D eigenvalue weighted by Crippen LogP contribution is 2.45. The summed E-state index contributed by atoms with van der Waals surface area (Å²) in [4.78, 5) is 2.40. The van der Waals surface area contributed by atoms with Gasteiger partial charge in [0.2, 0.25) is 0 Å². The van der Waals surface area contributed by atoms with Gasteiger partial charge in [0.25, 0.3) is 0 Å². The van der Waals surface area contributed by atoms with Gasteiger partial charge in [-0.15, -0.1) is 11.3 Å². The monoisotopic (exact) mass is 795 g/mol. The van der Waals surface area contributed by atoms with Crippen LogP contribution in [-0.4, -0.2) is 0 Å². The Morgan fingerprint density at radius 3 is 1.75 bits per heavy atom. The largest absolute Gasteiger partial charge is 0.456 e. The van der Waals surface area contributed by atoms with E-state index in [0.29, 0.717) is 0 Å². The van der Waals surface area contributed by atoms with Crippen molar-refractivity contribution in [3.8, 4) is 44.5 Å². The van der Waals surface area contributed by atoms with Crippen molar-refractivity contribution in [2.45, 2.75) is 0 Å². The topological polar surface area (TPSA) is 16.4 Å². The number of benzene rings is 10. The number of hydrogen-bond acceptors (Lipinski definition) is 3. The smallest absolute Gasteiger partial charge is 0.135 e. The summed E-state index contributed by atoms with van der Waals surface area (Å²) in [6.45, 7) is 0. The van der Waals surface area contributed by atoms with Gasteiger partial charge in [0.15, 0.2) is 0 Å². The van der Waals surface area contributed by atoms with E-state index in [4.69, 9.17) is 4.42 Å². The number of anilines is 3. The van der Waals surface area contributed by atoms with Gasteiger partial charge in [-0.2, -0.15) is 0 Å². The molecule has 0 aliphatic rings. The molecule has 12 aromatic rings. The second-order valence-corrected chi connectivity index (χ2v) is 16.7. The number of furan rings is 1. The van der Waals surface area contributed by atoms with Crippen LogP contribution in [0.4, 0.5) is 17.1 Å². The fourth-order valence-corrected chi connectivity index (χ4v) is 10.4. The van der Waals surface area contributed by atoms with Crippen molar-refractivity contribution in [1.29, 1.82) is 0 Å². The molecule has 0 bridgehead atoms. The summed E-state index contributed by atoms with van der Waals surface area (Å²) in [5.41, 5.74) is 14.6. The molecule has 10 aromatic carbocycles. The van der Waals surface area contributed by atoms with E-state index in [1.54, 1.807) is 0 Å². The van der Waals surface area contributed by atoms with E-state index in [1.807, 2.05) is 23.5 Å². The van der Waals surface area contributed by atoms with E-state index in [0.717, 1.165) is 61.3 Å². The lowest BCUT2D eigenvalue weighted by Gasteiger charge is -2.28. The molecule has 12 rings (SSSR count). The summed E-state index contributed by atoms with van der Waals surface area (Å²) >= 11 is 1.87. The molecule has 0 fully saturated rings. The minimum atomic E-state index is 0.904. The lowest BCUT2D eigenvalue weighted by atomic mass is 9.94. The average molecular weight is 796 g/mol. The molecule has 61 heavy (non-hydrogen) atoms. The molecule has 2 nitrogen and oxygen atoms in total. The van der Waals surface area contributed by atoms with Crippen molar-refractivity contribution in [3.63, 3.8) is 0 Å². The Bertz CT molecular complexity index is 3590. The number of para-hydroxylation sites is 2. The molecule has 0 aliphatic carbocycles. The van der Waals surface area contributed by atoms with Crippen molar-refractivity contribution < 1.29 is 4.42 Å². The summed E-state index contributed by atoms with van der Waals surface area (Å²) in [5.74, 6) is 0. The third-order valence-electron chi connectivity index (χ3n) is 12.1. The third kappa shape index (κ3) is 6.09. The number of hydrogen-bond donors (Lipinski definition) is 0. The quantitative estimate of drug-likeness (QED) is 0.160. The number of rotatable bonds is 7. The van der Waals surface area contributed by atoms with Crippen LogP contribution < -0.4 is 4.90 Å². The first kappa shape index (κ1) is 35.2. The van der Waals surface area contributed by atoms with Gasteiger partial charge in [0.1, 0.15) is 11.2 Å². The molecule has 0 saturated carbocycles. The molecule has 0 N–H and O–H groups in total. The van der Waals surface area contributed by atoms with Gasteiger partial charge in [0.05, 0.1) is 5.69 Å². The molecule has 0 saturated heterocycles. The van der Waals surface area contributed by atoms with Gasteiger partial charge >= 0.3 is 0 Å². The van der Waals surface area contributed by atoms with Gasteiger partial charge < -0.3 is 9.32 Å². The van der Waals surface area contributed by atoms with E-state index in [9.17, 15) is 0 Å². The fourth-order valence-electron chi connectivity index (χ4n) is 9.14. The highest BCUT2D eigenvalue weighted by atomic mass is 32.1. The van der Waals surface area contributed by atoms with Crippen molar-refractivity contribution in [1.82, 2.24) is 0 Å². The van der Waals surface area contributed by atoms with Crippen LogP contribution in [0.25, 0.3) is 97.4 Å². The average Bonchev–Trinajstić information content (AvgIpc) is 3.91. The van der Waals surface area contributed by atoms with Crippen LogP contribution in [0, 0.1) is 0 Å². The lowest BCUT2D eigenvalue weighted by Crippen LogP contribution is -2.11. The van der Waals surface area contributed by atoms with E-state index < -0.39 is 0 Å². The minimum Gasteiger partial charge on any atom is -0.456 e. The summed E-state index contributed by atoms with van der Waals surface area (Å²) in [7, 11) is 0. The van der Waals surface area contributed by atoms with Crippen molar-refractivity contribution in [2.24, 2.45) is 0 Å². The molecule has 0 unspecified atom stereocenters. The molecule has 0 amide bonds. The van der Waals surface area contributed by atoms with E-state index in [2.05, 4.69) is 217 Å². The molecule has 2 aromatic heterocycles. The molecular weight excluding hydrogens is 759 g/mol. The van der Waals surface area contributed by atoms with Crippen LogP contribution in [0.5, 0.6) is 0 Å². The maximum absolute atomic E-state index is 6.16. The highest BCUT2D eigenvalue weighted by Gasteiger charge is 2.19. The lowest BCUT2D eigenvalue weighted by molar-refractivity contribution is 0.669. The Balaban J connectivity index is 0.982. The predicted molar refractivity (Wildman–Crippen MR) is 261 cm³/mol. The van der Waals surface area contributed by atoms with Crippen LogP contribution in [0.2, 0.25) is 0 Å². The maximum atomic E-state index is 6.16. The van der Waals surface area contributed by atoms with E-state index in [-0.39, 0.29) is 0 Å².